The molecule has 0 spiro atoms. The maximum Gasteiger partial charge on any atom is 0.322 e. The Morgan fingerprint density at radius 3 is 2.50 bits per heavy atom. The monoisotopic (exact) mass is 252 g/mol. The van der Waals surface area contributed by atoms with E-state index in [2.05, 4.69) is 5.32 Å². The van der Waals surface area contributed by atoms with Gasteiger partial charge >= 0.3 is 5.97 Å². The molecule has 5 nitrogen and oxygen atoms in total. The summed E-state index contributed by atoms with van der Waals surface area (Å²) in [6, 6.07) is 7.01. The van der Waals surface area contributed by atoms with Gasteiger partial charge < -0.3 is 20.1 Å². The van der Waals surface area contributed by atoms with E-state index >= 15 is 0 Å². The lowest BCUT2D eigenvalue weighted by atomic mass is 10.2. The fraction of sp³-hybridized carbons (Fsp3) is 0.462. The van der Waals surface area contributed by atoms with Crippen LogP contribution in [0.3, 0.4) is 0 Å². The van der Waals surface area contributed by atoms with Gasteiger partial charge in [-0.1, -0.05) is 0 Å². The van der Waals surface area contributed by atoms with Crippen LogP contribution in [0.4, 0.5) is 5.69 Å². The van der Waals surface area contributed by atoms with Crippen LogP contribution in [0.15, 0.2) is 24.3 Å². The van der Waals surface area contributed by atoms with Gasteiger partial charge in [0.15, 0.2) is 0 Å². The molecule has 100 valence electrons. The average Bonchev–Trinajstić information content (AvgIpc) is 2.36. The van der Waals surface area contributed by atoms with Crippen molar-refractivity contribution in [2.45, 2.75) is 13.0 Å². The van der Waals surface area contributed by atoms with E-state index in [0.717, 1.165) is 11.4 Å². The number of carbonyl (C=O) groups is 1. The third kappa shape index (κ3) is 3.92. The molecule has 1 unspecified atom stereocenters. The van der Waals surface area contributed by atoms with Crippen molar-refractivity contribution in [2.24, 2.45) is 0 Å². The molecule has 2 N–H and O–H groups in total. The molecule has 0 radical (unpaired) electrons. The molecule has 1 atom stereocenters. The predicted molar refractivity (Wildman–Crippen MR) is 71.4 cm³/mol. The molecule has 1 rings (SSSR count). The Balaban J connectivity index is 2.65. The van der Waals surface area contributed by atoms with Gasteiger partial charge in [0.1, 0.15) is 11.8 Å². The normalized spacial score (nSPS) is 11.9. The first-order valence-electron chi connectivity index (χ1n) is 5.92. The van der Waals surface area contributed by atoms with Gasteiger partial charge in [0.05, 0.1) is 6.61 Å². The zero-order valence-corrected chi connectivity index (χ0v) is 11.0. The molecule has 5 heteroatoms. The molecule has 0 fully saturated rings. The number of aliphatic carboxylic acids is 1. The Labute approximate surface area is 107 Å². The van der Waals surface area contributed by atoms with E-state index < -0.39 is 12.0 Å². The Kier molecular flexibility index (Phi) is 5.45. The lowest BCUT2D eigenvalue weighted by molar-refractivity contribution is -0.139. The summed E-state index contributed by atoms with van der Waals surface area (Å²) in [6.45, 7) is 2.97. The summed E-state index contributed by atoms with van der Waals surface area (Å²) >= 11 is 0. The number of likely N-dealkylation sites (N-methyl/N-ethyl adjacent to an activating group) is 2. The van der Waals surface area contributed by atoms with E-state index in [9.17, 15) is 4.79 Å². The number of nitrogens with zero attached hydrogens (tertiary/aromatic N) is 1. The average molecular weight is 252 g/mol. The smallest absolute Gasteiger partial charge is 0.322 e. The number of rotatable bonds is 7. The minimum atomic E-state index is -0.852. The van der Waals surface area contributed by atoms with Crippen LogP contribution in [0, 0.1) is 0 Å². The van der Waals surface area contributed by atoms with Gasteiger partial charge in [-0.3, -0.25) is 4.79 Å². The van der Waals surface area contributed by atoms with Gasteiger partial charge in [-0.05, 0) is 38.2 Å². The summed E-state index contributed by atoms with van der Waals surface area (Å²) in [6.07, 6.45) is 0. The third-order valence-corrected chi connectivity index (χ3v) is 2.69. The van der Waals surface area contributed by atoms with Crippen LogP contribution < -0.4 is 15.0 Å². The van der Waals surface area contributed by atoms with E-state index in [-0.39, 0.29) is 0 Å². The van der Waals surface area contributed by atoms with Crippen molar-refractivity contribution in [2.75, 3.05) is 32.1 Å². The highest BCUT2D eigenvalue weighted by molar-refractivity contribution is 5.74. The van der Waals surface area contributed by atoms with Crippen LogP contribution in [0.1, 0.15) is 6.92 Å². The van der Waals surface area contributed by atoms with Gasteiger partial charge in [0.2, 0.25) is 0 Å². The van der Waals surface area contributed by atoms with Gasteiger partial charge in [-0.25, -0.2) is 0 Å². The minimum absolute atomic E-state index is 0.403. The number of hydrogen-bond acceptors (Lipinski definition) is 4. The van der Waals surface area contributed by atoms with Crippen molar-refractivity contribution in [1.29, 1.82) is 0 Å². The van der Waals surface area contributed by atoms with Crippen molar-refractivity contribution >= 4 is 11.7 Å². The molecule has 0 saturated carbocycles. The van der Waals surface area contributed by atoms with Crippen molar-refractivity contribution in [3.63, 3.8) is 0 Å². The summed E-state index contributed by atoms with van der Waals surface area (Å²) < 4.78 is 5.36. The number of carboxylic acids is 1. The summed E-state index contributed by atoms with van der Waals surface area (Å²) in [5.41, 5.74) is 0.958. The van der Waals surface area contributed by atoms with Crippen LogP contribution in [0.5, 0.6) is 5.75 Å². The number of anilines is 1. The lowest BCUT2D eigenvalue weighted by Crippen LogP contribution is -2.43. The van der Waals surface area contributed by atoms with E-state index in [1.807, 2.05) is 43.1 Å². The summed E-state index contributed by atoms with van der Waals surface area (Å²) in [5.74, 6) is -0.0339. The van der Waals surface area contributed by atoms with Crippen LogP contribution in [0.25, 0.3) is 0 Å². The topological polar surface area (TPSA) is 61.8 Å². The molecule has 1 aromatic carbocycles. The minimum Gasteiger partial charge on any atom is -0.494 e. The number of ether oxygens (including phenoxy) is 1. The first kappa shape index (κ1) is 14.3. The number of benzene rings is 1. The molecule has 0 amide bonds. The fourth-order valence-corrected chi connectivity index (χ4v) is 1.64. The van der Waals surface area contributed by atoms with Crippen molar-refractivity contribution in [3.8, 4) is 5.75 Å². The molecule has 0 bridgehead atoms. The SMILES string of the molecule is CCOc1ccc(N(C)CC(NC)C(=O)O)cc1. The number of carboxylic acid groups (broad SMARTS) is 1. The molecular formula is C13H20N2O3. The maximum atomic E-state index is 10.9. The maximum absolute atomic E-state index is 10.9. The highest BCUT2D eigenvalue weighted by atomic mass is 16.5. The second-order valence-electron chi connectivity index (χ2n) is 3.99. The van der Waals surface area contributed by atoms with E-state index in [4.69, 9.17) is 9.84 Å². The summed E-state index contributed by atoms with van der Waals surface area (Å²) in [7, 11) is 3.51. The standard InChI is InChI=1S/C13H20N2O3/c1-4-18-11-7-5-10(6-8-11)15(3)9-12(14-2)13(16)17/h5-8,12,14H,4,9H2,1-3H3,(H,16,17). The highest BCUT2D eigenvalue weighted by Crippen LogP contribution is 2.18. The quantitative estimate of drug-likeness (QED) is 0.763. The number of hydrogen-bond donors (Lipinski definition) is 2. The highest BCUT2D eigenvalue weighted by Gasteiger charge is 2.17. The van der Waals surface area contributed by atoms with Crippen LogP contribution in [0.2, 0.25) is 0 Å². The molecule has 0 aliphatic heterocycles. The molecule has 18 heavy (non-hydrogen) atoms. The van der Waals surface area contributed by atoms with E-state index in [1.165, 1.54) is 0 Å². The third-order valence-electron chi connectivity index (χ3n) is 2.69. The molecule has 0 aliphatic carbocycles. The van der Waals surface area contributed by atoms with Gasteiger partial charge in [0.25, 0.3) is 0 Å². The molecule has 0 aliphatic rings. The van der Waals surface area contributed by atoms with Crippen LogP contribution in [-0.4, -0.2) is 44.4 Å². The van der Waals surface area contributed by atoms with Crippen LogP contribution in [-0.2, 0) is 4.79 Å². The van der Waals surface area contributed by atoms with Crippen molar-refractivity contribution in [3.05, 3.63) is 24.3 Å². The molecule has 0 heterocycles. The molecular weight excluding hydrogens is 232 g/mol. The van der Waals surface area contributed by atoms with Gasteiger partial charge in [-0.2, -0.15) is 0 Å². The summed E-state index contributed by atoms with van der Waals surface area (Å²) in [5, 5.41) is 11.7. The zero-order chi connectivity index (χ0) is 13.5. The Morgan fingerprint density at radius 2 is 2.06 bits per heavy atom. The van der Waals surface area contributed by atoms with Gasteiger partial charge in [0, 0.05) is 19.3 Å². The van der Waals surface area contributed by atoms with Crippen molar-refractivity contribution in [1.82, 2.24) is 5.32 Å². The zero-order valence-electron chi connectivity index (χ0n) is 11.0. The summed E-state index contributed by atoms with van der Waals surface area (Å²) in [4.78, 5) is 12.8. The number of nitrogens with one attached hydrogen (secondary N) is 1. The molecule has 1 aromatic rings. The van der Waals surface area contributed by atoms with Crippen LogP contribution >= 0.6 is 0 Å². The second kappa shape index (κ2) is 6.86. The van der Waals surface area contributed by atoms with E-state index in [0.29, 0.717) is 13.2 Å². The first-order valence-corrected chi connectivity index (χ1v) is 5.92. The Bertz CT molecular complexity index is 378. The Hall–Kier alpha value is -1.75. The lowest BCUT2D eigenvalue weighted by Gasteiger charge is -2.23. The largest absolute Gasteiger partial charge is 0.494 e. The Morgan fingerprint density at radius 1 is 1.44 bits per heavy atom. The molecule has 0 aromatic heterocycles. The fourth-order valence-electron chi connectivity index (χ4n) is 1.64. The van der Waals surface area contributed by atoms with Gasteiger partial charge in [-0.15, -0.1) is 0 Å². The molecule has 0 saturated heterocycles. The van der Waals surface area contributed by atoms with Crippen molar-refractivity contribution < 1.29 is 14.6 Å². The predicted octanol–water partition coefficient (Wildman–Crippen LogP) is 1.19. The first-order chi connectivity index (χ1) is 8.58. The second-order valence-corrected chi connectivity index (χ2v) is 3.99. The van der Waals surface area contributed by atoms with E-state index in [1.54, 1.807) is 7.05 Å².